The highest BCUT2D eigenvalue weighted by Crippen LogP contribution is 2.24. The van der Waals surface area contributed by atoms with E-state index in [9.17, 15) is 13.2 Å². The van der Waals surface area contributed by atoms with Crippen LogP contribution in [0.1, 0.15) is 20.3 Å². The molecule has 0 aromatic rings. The van der Waals surface area contributed by atoms with Gasteiger partial charge in [0.1, 0.15) is 6.04 Å². The topological polar surface area (TPSA) is 29.3 Å². The molecule has 13 heavy (non-hydrogen) atoms. The van der Waals surface area contributed by atoms with Crippen LogP contribution in [0.4, 0.5) is 13.2 Å². The third kappa shape index (κ3) is 3.95. The average Bonchev–Trinajstić information content (AvgIpc) is 2.01. The number of likely N-dealkylation sites (N-methyl/N-ethyl adjacent to an activating group) is 1. The second-order valence-electron chi connectivity index (χ2n) is 2.92. The first-order valence-corrected chi connectivity index (χ1v) is 4.48. The summed E-state index contributed by atoms with van der Waals surface area (Å²) in [6.07, 6.45) is -3.50. The number of halogens is 3. The molecule has 5 heteroatoms. The Balaban J connectivity index is 4.34. The van der Waals surface area contributed by atoms with Gasteiger partial charge in [0, 0.05) is 6.54 Å². The summed E-state index contributed by atoms with van der Waals surface area (Å²) in [7, 11) is 0. The smallest absolute Gasteiger partial charge is 0.329 e. The first-order chi connectivity index (χ1) is 5.97. The lowest BCUT2D eigenvalue weighted by atomic mass is 10.2. The molecule has 2 N–H and O–H groups in total. The lowest BCUT2D eigenvalue weighted by Gasteiger charge is -2.30. The molecule has 0 aromatic heterocycles. The largest absolute Gasteiger partial charge is 0.405 e. The molecule has 1 unspecified atom stereocenters. The van der Waals surface area contributed by atoms with Crippen molar-refractivity contribution in [3.8, 4) is 0 Å². The minimum atomic E-state index is -4.21. The molecule has 0 bridgehead atoms. The Bertz CT molecular complexity index is 136. The molecule has 1 atom stereocenters. The summed E-state index contributed by atoms with van der Waals surface area (Å²) in [5.41, 5.74) is 5.10. The van der Waals surface area contributed by atoms with Gasteiger partial charge in [-0.15, -0.1) is 0 Å². The minimum Gasteiger partial charge on any atom is -0.329 e. The van der Waals surface area contributed by atoms with Gasteiger partial charge in [-0.1, -0.05) is 13.8 Å². The summed E-state index contributed by atoms with van der Waals surface area (Å²) < 4.78 is 37.1. The highest BCUT2D eigenvalue weighted by Gasteiger charge is 2.41. The molecule has 0 amide bonds. The van der Waals surface area contributed by atoms with Crippen LogP contribution in [0, 0.1) is 0 Å². The van der Waals surface area contributed by atoms with Gasteiger partial charge in [-0.3, -0.25) is 4.90 Å². The second-order valence-corrected chi connectivity index (χ2v) is 2.92. The van der Waals surface area contributed by atoms with E-state index in [2.05, 4.69) is 0 Å². The highest BCUT2D eigenvalue weighted by molar-refractivity contribution is 4.78. The van der Waals surface area contributed by atoms with E-state index in [1.165, 1.54) is 4.90 Å². The second kappa shape index (κ2) is 5.44. The van der Waals surface area contributed by atoms with Gasteiger partial charge in [-0.25, -0.2) is 0 Å². The summed E-state index contributed by atoms with van der Waals surface area (Å²) in [6, 6.07) is -1.49. The van der Waals surface area contributed by atoms with Crippen molar-refractivity contribution in [1.29, 1.82) is 0 Å². The average molecular weight is 198 g/mol. The zero-order valence-corrected chi connectivity index (χ0v) is 8.06. The lowest BCUT2D eigenvalue weighted by Crippen LogP contribution is -2.50. The van der Waals surface area contributed by atoms with Crippen molar-refractivity contribution >= 4 is 0 Å². The maximum absolute atomic E-state index is 12.4. The van der Waals surface area contributed by atoms with Gasteiger partial charge < -0.3 is 5.73 Å². The van der Waals surface area contributed by atoms with Crippen molar-refractivity contribution < 1.29 is 13.2 Å². The molecular weight excluding hydrogens is 181 g/mol. The molecule has 0 rings (SSSR count). The van der Waals surface area contributed by atoms with Gasteiger partial charge in [0.2, 0.25) is 0 Å². The van der Waals surface area contributed by atoms with Crippen molar-refractivity contribution in [2.45, 2.75) is 32.5 Å². The van der Waals surface area contributed by atoms with Crippen molar-refractivity contribution in [3.05, 3.63) is 0 Å². The Morgan fingerprint density at radius 2 is 1.85 bits per heavy atom. The van der Waals surface area contributed by atoms with E-state index in [0.717, 1.165) is 0 Å². The zero-order chi connectivity index (χ0) is 10.5. The molecule has 0 heterocycles. The fourth-order valence-corrected chi connectivity index (χ4v) is 1.31. The monoisotopic (exact) mass is 198 g/mol. The molecule has 0 radical (unpaired) electrons. The Hall–Kier alpha value is -0.290. The summed E-state index contributed by atoms with van der Waals surface area (Å²) in [5, 5.41) is 0. The van der Waals surface area contributed by atoms with Crippen LogP contribution >= 0.6 is 0 Å². The standard InChI is InChI=1S/C8H17F3N2/c1-3-5-13(4-2)7(6-12)8(9,10)11/h7H,3-6,12H2,1-2H3. The molecule has 0 aliphatic heterocycles. The Labute approximate surface area is 76.9 Å². The van der Waals surface area contributed by atoms with Crippen molar-refractivity contribution in [2.24, 2.45) is 5.73 Å². The first kappa shape index (κ1) is 12.7. The molecule has 0 aliphatic rings. The van der Waals surface area contributed by atoms with Crippen LogP contribution in [0.25, 0.3) is 0 Å². The van der Waals surface area contributed by atoms with E-state index < -0.39 is 12.2 Å². The predicted molar refractivity (Wildman–Crippen MR) is 46.4 cm³/mol. The van der Waals surface area contributed by atoms with Crippen LogP contribution in [0.5, 0.6) is 0 Å². The summed E-state index contributed by atoms with van der Waals surface area (Å²) in [5.74, 6) is 0. The van der Waals surface area contributed by atoms with Crippen LogP contribution in [0.15, 0.2) is 0 Å². The van der Waals surface area contributed by atoms with Crippen LogP contribution < -0.4 is 5.73 Å². The van der Waals surface area contributed by atoms with E-state index in [0.29, 0.717) is 19.5 Å². The van der Waals surface area contributed by atoms with Crippen molar-refractivity contribution in [1.82, 2.24) is 4.90 Å². The Morgan fingerprint density at radius 3 is 2.08 bits per heavy atom. The Morgan fingerprint density at radius 1 is 1.31 bits per heavy atom. The highest BCUT2D eigenvalue weighted by atomic mass is 19.4. The quantitative estimate of drug-likeness (QED) is 0.727. The number of hydrogen-bond donors (Lipinski definition) is 1. The summed E-state index contributed by atoms with van der Waals surface area (Å²) in [6.45, 7) is 4.03. The van der Waals surface area contributed by atoms with Gasteiger partial charge in [0.25, 0.3) is 0 Å². The first-order valence-electron chi connectivity index (χ1n) is 4.48. The van der Waals surface area contributed by atoms with Crippen LogP contribution in [-0.4, -0.2) is 36.8 Å². The van der Waals surface area contributed by atoms with Gasteiger partial charge in [0.15, 0.2) is 0 Å². The molecule has 0 spiro atoms. The fourth-order valence-electron chi connectivity index (χ4n) is 1.31. The summed E-state index contributed by atoms with van der Waals surface area (Å²) >= 11 is 0. The van der Waals surface area contributed by atoms with E-state index in [-0.39, 0.29) is 6.54 Å². The molecule has 0 saturated carbocycles. The number of nitrogens with zero attached hydrogens (tertiary/aromatic N) is 1. The molecule has 0 aromatic carbocycles. The maximum Gasteiger partial charge on any atom is 0.405 e. The normalized spacial score (nSPS) is 15.0. The fraction of sp³-hybridized carbons (Fsp3) is 1.00. The molecule has 0 aliphatic carbocycles. The Kier molecular flexibility index (Phi) is 5.32. The molecule has 80 valence electrons. The third-order valence-corrected chi connectivity index (χ3v) is 1.96. The van der Waals surface area contributed by atoms with Crippen molar-refractivity contribution in [2.75, 3.05) is 19.6 Å². The number of rotatable bonds is 5. The predicted octanol–water partition coefficient (Wildman–Crippen LogP) is 1.61. The van der Waals surface area contributed by atoms with Crippen LogP contribution in [0.3, 0.4) is 0 Å². The molecular formula is C8H17F3N2. The van der Waals surface area contributed by atoms with E-state index >= 15 is 0 Å². The van der Waals surface area contributed by atoms with Gasteiger partial charge in [0.05, 0.1) is 0 Å². The summed E-state index contributed by atoms with van der Waals surface area (Å²) in [4.78, 5) is 1.36. The van der Waals surface area contributed by atoms with E-state index in [4.69, 9.17) is 5.73 Å². The molecule has 2 nitrogen and oxygen atoms in total. The zero-order valence-electron chi connectivity index (χ0n) is 8.06. The number of nitrogens with two attached hydrogens (primary N) is 1. The van der Waals surface area contributed by atoms with E-state index in [1.54, 1.807) is 6.92 Å². The van der Waals surface area contributed by atoms with Gasteiger partial charge in [-0.05, 0) is 19.5 Å². The minimum absolute atomic E-state index is 0.364. The number of hydrogen-bond acceptors (Lipinski definition) is 2. The van der Waals surface area contributed by atoms with E-state index in [1.807, 2.05) is 6.92 Å². The molecule has 0 fully saturated rings. The maximum atomic E-state index is 12.4. The third-order valence-electron chi connectivity index (χ3n) is 1.96. The van der Waals surface area contributed by atoms with Gasteiger partial charge >= 0.3 is 6.18 Å². The SMILES string of the molecule is CCCN(CC)C(CN)C(F)(F)F. The van der Waals surface area contributed by atoms with Crippen molar-refractivity contribution in [3.63, 3.8) is 0 Å². The van der Waals surface area contributed by atoms with Crippen LogP contribution in [-0.2, 0) is 0 Å². The van der Waals surface area contributed by atoms with Crippen LogP contribution in [0.2, 0.25) is 0 Å². The lowest BCUT2D eigenvalue weighted by molar-refractivity contribution is -0.180. The number of alkyl halides is 3. The molecule has 0 saturated heterocycles. The van der Waals surface area contributed by atoms with Gasteiger partial charge in [-0.2, -0.15) is 13.2 Å².